The van der Waals surface area contributed by atoms with Crippen molar-refractivity contribution < 1.29 is 4.79 Å². The lowest BCUT2D eigenvalue weighted by molar-refractivity contribution is -0.120. The van der Waals surface area contributed by atoms with Gasteiger partial charge in [0.05, 0.1) is 5.25 Å². The maximum absolute atomic E-state index is 12.4. The highest BCUT2D eigenvalue weighted by atomic mass is 32.2. The topological polar surface area (TPSA) is 79.8 Å². The zero-order chi connectivity index (χ0) is 18.2. The quantitative estimate of drug-likeness (QED) is 0.672. The molecule has 136 valence electrons. The molecule has 0 unspecified atom stereocenters. The fraction of sp³-hybridized carbons (Fsp3) is 0.500. The fourth-order valence-electron chi connectivity index (χ4n) is 2.49. The van der Waals surface area contributed by atoms with E-state index in [1.807, 2.05) is 39.0 Å². The summed E-state index contributed by atoms with van der Waals surface area (Å²) in [5.41, 5.74) is 1.04. The molecular weight excluding hydrogens is 336 g/mol. The third kappa shape index (κ3) is 5.77. The van der Waals surface area contributed by atoms with Crippen LogP contribution in [-0.4, -0.2) is 32.0 Å². The summed E-state index contributed by atoms with van der Waals surface area (Å²) in [4.78, 5) is 24.1. The van der Waals surface area contributed by atoms with E-state index in [1.165, 1.54) is 17.3 Å². The number of aryl methyl sites for hydroxylation is 1. The number of carbonyl (C=O) groups is 1. The molecule has 1 amide bonds. The van der Waals surface area contributed by atoms with Crippen LogP contribution >= 0.6 is 11.8 Å². The number of thioether (sulfide) groups is 1. The third-order valence-corrected chi connectivity index (χ3v) is 5.01. The van der Waals surface area contributed by atoms with Gasteiger partial charge in [-0.1, -0.05) is 49.0 Å². The van der Waals surface area contributed by atoms with Gasteiger partial charge < -0.3 is 5.32 Å². The smallest absolute Gasteiger partial charge is 0.343 e. The summed E-state index contributed by atoms with van der Waals surface area (Å²) in [5, 5.41) is 9.76. The van der Waals surface area contributed by atoms with Gasteiger partial charge in [-0.15, -0.1) is 5.10 Å². The van der Waals surface area contributed by atoms with Gasteiger partial charge in [0.15, 0.2) is 5.16 Å². The second-order valence-corrected chi connectivity index (χ2v) is 7.46. The second kappa shape index (κ2) is 9.46. The summed E-state index contributed by atoms with van der Waals surface area (Å²) in [6.45, 7) is 6.44. The van der Waals surface area contributed by atoms with Crippen molar-refractivity contribution in [3.8, 4) is 0 Å². The minimum Gasteiger partial charge on any atom is -0.353 e. The van der Waals surface area contributed by atoms with Gasteiger partial charge in [0, 0.05) is 12.6 Å². The Balaban J connectivity index is 1.84. The van der Waals surface area contributed by atoms with Gasteiger partial charge in [0.2, 0.25) is 5.91 Å². The number of nitrogens with one attached hydrogen (secondary N) is 2. The molecule has 0 saturated carbocycles. The van der Waals surface area contributed by atoms with Crippen molar-refractivity contribution >= 4 is 17.7 Å². The molecule has 0 radical (unpaired) electrons. The van der Waals surface area contributed by atoms with Crippen molar-refractivity contribution in [1.82, 2.24) is 20.1 Å². The number of nitrogens with zero attached hydrogens (tertiary/aromatic N) is 2. The van der Waals surface area contributed by atoms with E-state index in [0.717, 1.165) is 19.3 Å². The largest absolute Gasteiger partial charge is 0.353 e. The average Bonchev–Trinajstić information content (AvgIpc) is 2.94. The first-order valence-electron chi connectivity index (χ1n) is 8.67. The van der Waals surface area contributed by atoms with Gasteiger partial charge >= 0.3 is 5.69 Å². The Bertz CT molecular complexity index is 726. The number of benzene rings is 1. The van der Waals surface area contributed by atoms with Crippen molar-refractivity contribution in [1.29, 1.82) is 0 Å². The number of carbonyl (C=O) groups excluding carboxylic acids is 1. The molecule has 0 aliphatic heterocycles. The van der Waals surface area contributed by atoms with Crippen molar-refractivity contribution in [2.24, 2.45) is 0 Å². The number of amides is 1. The zero-order valence-electron chi connectivity index (χ0n) is 15.0. The number of aromatic amines is 1. The van der Waals surface area contributed by atoms with Crippen LogP contribution < -0.4 is 11.0 Å². The van der Waals surface area contributed by atoms with Gasteiger partial charge in [-0.05, 0) is 38.7 Å². The molecule has 0 aliphatic rings. The maximum Gasteiger partial charge on any atom is 0.343 e. The molecule has 25 heavy (non-hydrogen) atoms. The van der Waals surface area contributed by atoms with Crippen LogP contribution in [0.15, 0.2) is 40.3 Å². The first kappa shape index (κ1) is 19.3. The Morgan fingerprint density at radius 1 is 1.32 bits per heavy atom. The highest BCUT2D eigenvalue weighted by Crippen LogP contribution is 2.20. The van der Waals surface area contributed by atoms with Crippen LogP contribution in [0.5, 0.6) is 0 Å². The van der Waals surface area contributed by atoms with Crippen LogP contribution in [0.2, 0.25) is 0 Å². The molecule has 0 spiro atoms. The van der Waals surface area contributed by atoms with E-state index in [2.05, 4.69) is 27.6 Å². The van der Waals surface area contributed by atoms with Crippen LogP contribution in [0.4, 0.5) is 0 Å². The summed E-state index contributed by atoms with van der Waals surface area (Å²) >= 11 is 1.30. The molecule has 1 aromatic carbocycles. The van der Waals surface area contributed by atoms with Crippen LogP contribution in [0.3, 0.4) is 0 Å². The molecule has 1 aromatic heterocycles. The minimum absolute atomic E-state index is 0.0379. The summed E-state index contributed by atoms with van der Waals surface area (Å²) in [6, 6.07) is 10.3. The maximum atomic E-state index is 12.4. The van der Waals surface area contributed by atoms with Crippen molar-refractivity contribution in [2.75, 3.05) is 0 Å². The molecule has 1 heterocycles. The summed E-state index contributed by atoms with van der Waals surface area (Å²) in [7, 11) is 0. The van der Waals surface area contributed by atoms with Crippen LogP contribution in [0.25, 0.3) is 0 Å². The molecule has 0 aliphatic carbocycles. The van der Waals surface area contributed by atoms with E-state index in [9.17, 15) is 9.59 Å². The van der Waals surface area contributed by atoms with Crippen LogP contribution in [0.1, 0.15) is 39.2 Å². The lowest BCUT2D eigenvalue weighted by Gasteiger charge is -2.17. The molecule has 0 saturated heterocycles. The average molecular weight is 362 g/mol. The first-order chi connectivity index (χ1) is 12.0. The molecule has 6 nitrogen and oxygen atoms in total. The fourth-order valence-corrected chi connectivity index (χ4v) is 3.38. The monoisotopic (exact) mass is 362 g/mol. The summed E-state index contributed by atoms with van der Waals surface area (Å²) in [5.74, 6) is -0.0379. The van der Waals surface area contributed by atoms with E-state index < -0.39 is 0 Å². The standard InChI is InChI=1S/C18H26N4O2S/c1-4-12-22-17(24)20-21-18(22)25-14(3)16(23)19-13(2)10-11-15-8-6-5-7-9-15/h5-9,13-14H,4,10-12H2,1-3H3,(H,19,23)(H,20,24)/t13-,14-/m1/s1. The van der Waals surface area contributed by atoms with Crippen LogP contribution in [-0.2, 0) is 17.8 Å². The van der Waals surface area contributed by atoms with E-state index >= 15 is 0 Å². The van der Waals surface area contributed by atoms with Gasteiger partial charge in [0.1, 0.15) is 0 Å². The number of rotatable bonds is 9. The molecule has 2 N–H and O–H groups in total. The van der Waals surface area contributed by atoms with Gasteiger partial charge in [-0.3, -0.25) is 9.36 Å². The number of hydrogen-bond acceptors (Lipinski definition) is 4. The molecule has 2 aromatic rings. The normalized spacial score (nSPS) is 13.4. The van der Waals surface area contributed by atoms with Crippen molar-refractivity contribution in [3.05, 3.63) is 46.4 Å². The van der Waals surface area contributed by atoms with Gasteiger partial charge in [-0.25, -0.2) is 9.89 Å². The molecule has 7 heteroatoms. The van der Waals surface area contributed by atoms with Gasteiger partial charge in [0.25, 0.3) is 0 Å². The summed E-state index contributed by atoms with van der Waals surface area (Å²) in [6.07, 6.45) is 2.65. The zero-order valence-corrected chi connectivity index (χ0v) is 15.8. The van der Waals surface area contributed by atoms with E-state index in [4.69, 9.17) is 0 Å². The van der Waals surface area contributed by atoms with E-state index in [-0.39, 0.29) is 22.9 Å². The molecule has 0 bridgehead atoms. The van der Waals surface area contributed by atoms with Crippen molar-refractivity contribution in [3.63, 3.8) is 0 Å². The predicted molar refractivity (Wildman–Crippen MR) is 101 cm³/mol. The molecule has 0 fully saturated rings. The lowest BCUT2D eigenvalue weighted by Crippen LogP contribution is -2.38. The Hall–Kier alpha value is -2.02. The Morgan fingerprint density at radius 3 is 2.72 bits per heavy atom. The third-order valence-electron chi connectivity index (χ3n) is 3.92. The second-order valence-electron chi connectivity index (χ2n) is 6.16. The van der Waals surface area contributed by atoms with Crippen LogP contribution in [0, 0.1) is 0 Å². The predicted octanol–water partition coefficient (Wildman–Crippen LogP) is 2.60. The SMILES string of the molecule is CCCn1c(S[C@H](C)C(=O)N[C@H](C)CCc2ccccc2)n[nH]c1=O. The highest BCUT2D eigenvalue weighted by molar-refractivity contribution is 8.00. The Kier molecular flexibility index (Phi) is 7.31. The van der Waals surface area contributed by atoms with Gasteiger partial charge in [-0.2, -0.15) is 0 Å². The molecule has 2 atom stereocenters. The number of aromatic nitrogens is 3. The molecule has 2 rings (SSSR count). The van der Waals surface area contributed by atoms with E-state index in [0.29, 0.717) is 11.7 Å². The Morgan fingerprint density at radius 2 is 2.04 bits per heavy atom. The Labute approximate surface area is 152 Å². The molecular formula is C18H26N4O2S. The highest BCUT2D eigenvalue weighted by Gasteiger charge is 2.20. The van der Waals surface area contributed by atoms with Crippen molar-refractivity contribution in [2.45, 2.75) is 63.0 Å². The number of hydrogen-bond donors (Lipinski definition) is 2. The number of H-pyrrole nitrogens is 1. The van der Waals surface area contributed by atoms with E-state index in [1.54, 1.807) is 4.57 Å². The first-order valence-corrected chi connectivity index (χ1v) is 9.55. The lowest BCUT2D eigenvalue weighted by atomic mass is 10.1. The minimum atomic E-state index is -0.315. The summed E-state index contributed by atoms with van der Waals surface area (Å²) < 4.78 is 1.58.